The molecule has 4 rings (SSSR count). The molecule has 0 radical (unpaired) electrons. The Balaban J connectivity index is 1.77. The van der Waals surface area contributed by atoms with Gasteiger partial charge in [0, 0.05) is 18.8 Å². The van der Waals surface area contributed by atoms with Gasteiger partial charge in [0.2, 0.25) is 12.7 Å². The molecule has 152 valence electrons. The van der Waals surface area contributed by atoms with Gasteiger partial charge in [0.1, 0.15) is 6.04 Å². The van der Waals surface area contributed by atoms with Crippen LogP contribution in [0.1, 0.15) is 37.3 Å². The number of carbonyl (C=O) groups excluding carboxylic acids is 1. The Morgan fingerprint density at radius 2 is 1.83 bits per heavy atom. The lowest BCUT2D eigenvalue weighted by atomic mass is 10.00. The minimum Gasteiger partial charge on any atom is -0.454 e. The van der Waals surface area contributed by atoms with Crippen LogP contribution in [-0.2, 0) is 4.79 Å². The van der Waals surface area contributed by atoms with E-state index in [0.29, 0.717) is 11.5 Å². The van der Waals surface area contributed by atoms with Gasteiger partial charge in [-0.3, -0.25) is 14.9 Å². The lowest BCUT2D eigenvalue weighted by molar-refractivity contribution is -0.385. The first-order valence-electron chi connectivity index (χ1n) is 9.71. The van der Waals surface area contributed by atoms with Gasteiger partial charge in [0.15, 0.2) is 11.5 Å². The average Bonchev–Trinajstić information content (AvgIpc) is 3.39. The van der Waals surface area contributed by atoms with E-state index < -0.39 is 11.0 Å². The first-order valence-corrected chi connectivity index (χ1v) is 9.71. The minimum atomic E-state index is -0.882. The van der Waals surface area contributed by atoms with E-state index in [0.717, 1.165) is 31.4 Å². The zero-order chi connectivity index (χ0) is 20.4. The normalized spacial score (nSPS) is 16.4. The van der Waals surface area contributed by atoms with Crippen molar-refractivity contribution in [3.05, 3.63) is 58.1 Å². The molecule has 0 unspecified atom stereocenters. The van der Waals surface area contributed by atoms with E-state index in [-0.39, 0.29) is 30.0 Å². The summed E-state index contributed by atoms with van der Waals surface area (Å²) < 4.78 is 10.7. The molecule has 2 aromatic carbocycles. The Hall–Kier alpha value is -3.29. The third-order valence-corrected chi connectivity index (χ3v) is 5.51. The zero-order valence-corrected chi connectivity index (χ0v) is 16.2. The van der Waals surface area contributed by atoms with Crippen LogP contribution in [0, 0.1) is 10.1 Å². The molecule has 0 aromatic heterocycles. The lowest BCUT2D eigenvalue weighted by Gasteiger charge is -2.30. The first kappa shape index (κ1) is 19.0. The van der Waals surface area contributed by atoms with Crippen molar-refractivity contribution in [2.45, 2.75) is 37.8 Å². The van der Waals surface area contributed by atoms with E-state index in [1.807, 2.05) is 30.3 Å². The molecule has 2 aliphatic rings. The molecule has 8 heteroatoms. The van der Waals surface area contributed by atoms with Gasteiger partial charge in [-0.15, -0.1) is 0 Å². The van der Waals surface area contributed by atoms with Crippen molar-refractivity contribution >= 4 is 17.3 Å². The minimum absolute atomic E-state index is 0.00338. The largest absolute Gasteiger partial charge is 0.454 e. The first-order chi connectivity index (χ1) is 14.0. The van der Waals surface area contributed by atoms with Crippen molar-refractivity contribution in [3.8, 4) is 11.5 Å². The second kappa shape index (κ2) is 7.98. The van der Waals surface area contributed by atoms with E-state index in [2.05, 4.69) is 5.32 Å². The summed E-state index contributed by atoms with van der Waals surface area (Å²) in [5.41, 5.74) is 0.899. The summed E-state index contributed by atoms with van der Waals surface area (Å²) in [7, 11) is 1.77. The van der Waals surface area contributed by atoms with E-state index >= 15 is 0 Å². The Morgan fingerprint density at radius 3 is 2.48 bits per heavy atom. The van der Waals surface area contributed by atoms with Crippen LogP contribution in [0.4, 0.5) is 11.4 Å². The Morgan fingerprint density at radius 1 is 1.17 bits per heavy atom. The number of amides is 1. The highest BCUT2D eigenvalue weighted by Crippen LogP contribution is 2.42. The third kappa shape index (κ3) is 3.83. The maximum atomic E-state index is 13.3. The molecule has 0 saturated heterocycles. The molecule has 1 aliphatic carbocycles. The maximum Gasteiger partial charge on any atom is 0.279 e. The standard InChI is InChI=1S/C21H23N3O5/c1-23(15-9-3-2-4-10-15)20(21(25)22-14-7-5-6-8-14)16-11-18-19(29-13-28-18)12-17(16)24(26)27/h2-4,9-12,14,20H,5-8,13H2,1H3,(H,22,25)/t20-/m0/s1. The van der Waals surface area contributed by atoms with Crippen LogP contribution in [0.15, 0.2) is 42.5 Å². The number of benzene rings is 2. The van der Waals surface area contributed by atoms with Gasteiger partial charge < -0.3 is 19.7 Å². The van der Waals surface area contributed by atoms with Crippen molar-refractivity contribution in [3.63, 3.8) is 0 Å². The molecule has 0 spiro atoms. The van der Waals surface area contributed by atoms with Gasteiger partial charge in [-0.1, -0.05) is 31.0 Å². The summed E-state index contributed by atoms with van der Waals surface area (Å²) in [6.45, 7) is 0.00338. The van der Waals surface area contributed by atoms with Crippen LogP contribution in [0.3, 0.4) is 0 Å². The monoisotopic (exact) mass is 397 g/mol. The predicted octanol–water partition coefficient (Wildman–Crippen LogP) is 3.56. The molecule has 1 aliphatic heterocycles. The van der Waals surface area contributed by atoms with Crippen LogP contribution in [-0.4, -0.2) is 30.7 Å². The number of hydrogen-bond donors (Lipinski definition) is 1. The highest BCUT2D eigenvalue weighted by atomic mass is 16.7. The molecule has 1 saturated carbocycles. The van der Waals surface area contributed by atoms with Crippen LogP contribution in [0.5, 0.6) is 11.5 Å². The summed E-state index contributed by atoms with van der Waals surface area (Å²) in [4.78, 5) is 26.4. The SMILES string of the molecule is CN(c1ccccc1)[C@H](C(=O)NC1CCCC1)c1cc2c(cc1[N+](=O)[O-])OCO2. The maximum absolute atomic E-state index is 13.3. The highest BCUT2D eigenvalue weighted by molar-refractivity contribution is 5.88. The second-order valence-electron chi connectivity index (χ2n) is 7.36. The van der Waals surface area contributed by atoms with Gasteiger partial charge in [0.05, 0.1) is 16.6 Å². The average molecular weight is 397 g/mol. The molecule has 29 heavy (non-hydrogen) atoms. The summed E-state index contributed by atoms with van der Waals surface area (Å²) in [5, 5.41) is 14.9. The zero-order valence-electron chi connectivity index (χ0n) is 16.2. The Bertz CT molecular complexity index is 912. The molecule has 1 atom stereocenters. The molecule has 1 heterocycles. The summed E-state index contributed by atoms with van der Waals surface area (Å²) >= 11 is 0. The number of likely N-dealkylation sites (N-methyl/N-ethyl adjacent to an activating group) is 1. The Kier molecular flexibility index (Phi) is 5.24. The fraction of sp³-hybridized carbons (Fsp3) is 0.381. The van der Waals surface area contributed by atoms with Crippen molar-refractivity contribution in [2.24, 2.45) is 0 Å². The number of nitro benzene ring substituents is 1. The number of anilines is 1. The van der Waals surface area contributed by atoms with Gasteiger partial charge in [-0.25, -0.2) is 0 Å². The van der Waals surface area contributed by atoms with Crippen molar-refractivity contribution in [1.82, 2.24) is 5.32 Å². The van der Waals surface area contributed by atoms with Gasteiger partial charge in [0.25, 0.3) is 5.69 Å². The number of carbonyl (C=O) groups is 1. The smallest absolute Gasteiger partial charge is 0.279 e. The third-order valence-electron chi connectivity index (χ3n) is 5.51. The summed E-state index contributed by atoms with van der Waals surface area (Å²) in [6.07, 6.45) is 4.01. The van der Waals surface area contributed by atoms with E-state index in [9.17, 15) is 14.9 Å². The summed E-state index contributed by atoms with van der Waals surface area (Å²) in [6, 6.07) is 11.5. The molecular weight excluding hydrogens is 374 g/mol. The van der Waals surface area contributed by atoms with Crippen molar-refractivity contribution in [1.29, 1.82) is 0 Å². The number of nitrogens with one attached hydrogen (secondary N) is 1. The highest BCUT2D eigenvalue weighted by Gasteiger charge is 2.36. The van der Waals surface area contributed by atoms with E-state index in [4.69, 9.17) is 9.47 Å². The predicted molar refractivity (Wildman–Crippen MR) is 107 cm³/mol. The number of nitrogens with zero attached hydrogens (tertiary/aromatic N) is 2. The number of para-hydroxylation sites is 1. The molecule has 1 amide bonds. The van der Waals surface area contributed by atoms with Crippen LogP contribution in [0.25, 0.3) is 0 Å². The Labute approximate surface area is 168 Å². The quantitative estimate of drug-likeness (QED) is 0.592. The van der Waals surface area contributed by atoms with Crippen LogP contribution >= 0.6 is 0 Å². The molecule has 8 nitrogen and oxygen atoms in total. The van der Waals surface area contributed by atoms with Crippen molar-refractivity contribution in [2.75, 3.05) is 18.7 Å². The fourth-order valence-corrected chi connectivity index (χ4v) is 4.01. The molecule has 0 bridgehead atoms. The lowest BCUT2D eigenvalue weighted by Crippen LogP contribution is -2.42. The van der Waals surface area contributed by atoms with Gasteiger partial charge in [-0.2, -0.15) is 0 Å². The second-order valence-corrected chi connectivity index (χ2v) is 7.36. The van der Waals surface area contributed by atoms with Crippen molar-refractivity contribution < 1.29 is 19.2 Å². The van der Waals surface area contributed by atoms with Gasteiger partial charge >= 0.3 is 0 Å². The molecule has 1 N–H and O–H groups in total. The molecule has 1 fully saturated rings. The van der Waals surface area contributed by atoms with Crippen LogP contribution in [0.2, 0.25) is 0 Å². The molecular formula is C21H23N3O5. The number of rotatable bonds is 6. The fourth-order valence-electron chi connectivity index (χ4n) is 4.01. The topological polar surface area (TPSA) is 93.9 Å². The summed E-state index contributed by atoms with van der Waals surface area (Å²) in [5.74, 6) is 0.466. The van der Waals surface area contributed by atoms with Crippen LogP contribution < -0.4 is 19.7 Å². The van der Waals surface area contributed by atoms with Gasteiger partial charge in [-0.05, 0) is 31.0 Å². The number of nitro groups is 1. The number of hydrogen-bond acceptors (Lipinski definition) is 6. The molecule has 2 aromatic rings. The van der Waals surface area contributed by atoms with E-state index in [1.54, 1.807) is 18.0 Å². The number of ether oxygens (including phenoxy) is 2. The number of fused-ring (bicyclic) bond motifs is 1. The van der Waals surface area contributed by atoms with E-state index in [1.165, 1.54) is 6.07 Å².